The Morgan fingerprint density at radius 2 is 1.68 bits per heavy atom. The van der Waals surface area contributed by atoms with E-state index in [0.29, 0.717) is 21.9 Å². The van der Waals surface area contributed by atoms with Crippen LogP contribution in [0.4, 0.5) is 5.69 Å². The van der Waals surface area contributed by atoms with Gasteiger partial charge in [-0.05, 0) is 65.6 Å². The molecular weight excluding hydrogens is 483 g/mol. The number of sulfonamides is 1. The number of nitrogens with zero attached hydrogens (tertiary/aromatic N) is 1. The molecule has 0 spiro atoms. The van der Waals surface area contributed by atoms with E-state index >= 15 is 0 Å². The van der Waals surface area contributed by atoms with Gasteiger partial charge in [0.05, 0.1) is 4.90 Å². The van der Waals surface area contributed by atoms with Crippen LogP contribution in [0, 0.1) is 5.92 Å². The van der Waals surface area contributed by atoms with E-state index in [4.69, 9.17) is 0 Å². The summed E-state index contributed by atoms with van der Waals surface area (Å²) in [6.45, 7) is 6.45. The van der Waals surface area contributed by atoms with Crippen molar-refractivity contribution in [3.8, 4) is 0 Å². The van der Waals surface area contributed by atoms with Crippen LogP contribution in [0.5, 0.6) is 0 Å². The Balaban J connectivity index is 0.00000109. The minimum atomic E-state index is -3.56. The lowest BCUT2D eigenvalue weighted by Gasteiger charge is -2.17. The highest BCUT2D eigenvalue weighted by Crippen LogP contribution is 2.58. The Labute approximate surface area is 182 Å². The molecule has 0 aromatic heterocycles. The molecule has 4 rings (SSSR count). The lowest BCUT2D eigenvalue weighted by atomic mass is 9.95. The molecule has 1 N–H and O–H groups in total. The van der Waals surface area contributed by atoms with Gasteiger partial charge in [-0.15, -0.1) is 0 Å². The maximum absolute atomic E-state index is 12.6. The van der Waals surface area contributed by atoms with Crippen molar-refractivity contribution in [2.75, 3.05) is 29.8 Å². The molecule has 6 heteroatoms. The normalized spacial score (nSPS) is 23.7. The minimum absolute atomic E-state index is 0.296. The van der Waals surface area contributed by atoms with Gasteiger partial charge < -0.3 is 4.90 Å². The summed E-state index contributed by atoms with van der Waals surface area (Å²) in [4.78, 5) is 4.65. The summed E-state index contributed by atoms with van der Waals surface area (Å²) in [6, 6.07) is 15.0. The first-order valence-corrected chi connectivity index (χ1v) is 13.2. The van der Waals surface area contributed by atoms with Crippen LogP contribution >= 0.6 is 22.6 Å². The van der Waals surface area contributed by atoms with Gasteiger partial charge in [0.1, 0.15) is 0 Å². The zero-order chi connectivity index (χ0) is 20.5. The van der Waals surface area contributed by atoms with Crippen LogP contribution in [-0.4, -0.2) is 38.4 Å². The number of hydrogen-bond donors (Lipinski definition) is 1. The smallest absolute Gasteiger partial charge is 0.261 e. The molecule has 1 saturated heterocycles. The molecule has 2 aromatic rings. The molecule has 0 amide bonds. The second kappa shape index (κ2) is 8.32. The van der Waals surface area contributed by atoms with E-state index < -0.39 is 10.0 Å². The number of hydrogen-bond acceptors (Lipinski definition) is 3. The summed E-state index contributed by atoms with van der Waals surface area (Å²) in [7, 11) is -1.39. The summed E-state index contributed by atoms with van der Waals surface area (Å²) in [5, 5.41) is 0. The predicted octanol–water partition coefficient (Wildman–Crippen LogP) is 4.87. The van der Waals surface area contributed by atoms with Crippen LogP contribution in [0.15, 0.2) is 53.4 Å². The third-order valence-corrected chi connectivity index (χ3v) is 7.28. The predicted molar refractivity (Wildman–Crippen MR) is 125 cm³/mol. The molecule has 2 fully saturated rings. The van der Waals surface area contributed by atoms with Gasteiger partial charge in [-0.25, -0.2) is 8.42 Å². The quantitative estimate of drug-likeness (QED) is 0.460. The Kier molecular flexibility index (Phi) is 6.41. The van der Waals surface area contributed by atoms with Crippen LogP contribution in [0.25, 0.3) is 0 Å². The van der Waals surface area contributed by atoms with Crippen molar-refractivity contribution in [1.29, 1.82) is 0 Å². The van der Waals surface area contributed by atoms with E-state index in [0.717, 1.165) is 18.0 Å². The maximum atomic E-state index is 12.6. The number of fused-ring (bicyclic) bond motifs is 1. The van der Waals surface area contributed by atoms with Gasteiger partial charge in [0.25, 0.3) is 10.0 Å². The third-order valence-electron chi connectivity index (χ3n) is 5.89. The first kappa shape index (κ1) is 21.6. The first-order valence-electron chi connectivity index (χ1n) is 9.60. The molecule has 1 aliphatic carbocycles. The average Bonchev–Trinajstić information content (AvgIpc) is 3.26. The fourth-order valence-corrected chi connectivity index (χ4v) is 5.36. The Morgan fingerprint density at radius 3 is 2.18 bits per heavy atom. The molecule has 2 atom stereocenters. The van der Waals surface area contributed by atoms with Crippen molar-refractivity contribution < 1.29 is 8.42 Å². The Bertz CT molecular complexity index is 911. The van der Waals surface area contributed by atoms with Crippen LogP contribution in [0.2, 0.25) is 0 Å². The van der Waals surface area contributed by atoms with Gasteiger partial charge in [0, 0.05) is 24.2 Å². The molecule has 1 unspecified atom stereocenters. The van der Waals surface area contributed by atoms with Crippen molar-refractivity contribution in [3.05, 3.63) is 59.7 Å². The highest BCUT2D eigenvalue weighted by atomic mass is 127. The number of anilines is 1. The standard InChI is InChI=1S/C21H26N2O2S.CH3I/c1-15(2)16-4-10-20(11-5-16)26(24,25)22-19-8-6-17(7-9-19)21-12-18(21)13-23(3)14-21;1-2/h4-11,15,18,22H,12-14H2,1-3H3;1H3/t18-,21?;/m1./s1. The number of likely N-dealkylation sites (tertiary alicyclic amines) is 1. The van der Waals surface area contributed by atoms with Gasteiger partial charge in [-0.2, -0.15) is 0 Å². The van der Waals surface area contributed by atoms with Crippen LogP contribution in [-0.2, 0) is 15.4 Å². The third kappa shape index (κ3) is 4.24. The van der Waals surface area contributed by atoms with E-state index in [1.165, 1.54) is 18.5 Å². The van der Waals surface area contributed by atoms with Crippen molar-refractivity contribution in [2.24, 2.45) is 5.92 Å². The topological polar surface area (TPSA) is 49.4 Å². The lowest BCUT2D eigenvalue weighted by molar-refractivity contribution is 0.363. The minimum Gasteiger partial charge on any atom is -0.305 e. The van der Waals surface area contributed by atoms with Crippen LogP contribution in [0.3, 0.4) is 0 Å². The van der Waals surface area contributed by atoms with Gasteiger partial charge >= 0.3 is 0 Å². The highest BCUT2D eigenvalue weighted by molar-refractivity contribution is 14.1. The van der Waals surface area contributed by atoms with E-state index in [1.54, 1.807) is 12.1 Å². The summed E-state index contributed by atoms with van der Waals surface area (Å²) in [6.07, 6.45) is 1.25. The van der Waals surface area contributed by atoms with Gasteiger partial charge in [0.15, 0.2) is 0 Å². The molecule has 2 aromatic carbocycles. The van der Waals surface area contributed by atoms with Crippen LogP contribution < -0.4 is 4.72 Å². The van der Waals surface area contributed by atoms with Crippen molar-refractivity contribution in [2.45, 2.75) is 36.5 Å². The van der Waals surface area contributed by atoms with Gasteiger partial charge in [-0.1, -0.05) is 60.7 Å². The van der Waals surface area contributed by atoms with Gasteiger partial charge in [0.2, 0.25) is 0 Å². The largest absolute Gasteiger partial charge is 0.305 e. The molecule has 28 heavy (non-hydrogen) atoms. The van der Waals surface area contributed by atoms with E-state index in [-0.39, 0.29) is 0 Å². The molecule has 1 aliphatic heterocycles. The van der Waals surface area contributed by atoms with Crippen LogP contribution in [0.1, 0.15) is 37.3 Å². The lowest BCUT2D eigenvalue weighted by Crippen LogP contribution is -2.22. The van der Waals surface area contributed by atoms with E-state index in [9.17, 15) is 8.42 Å². The van der Waals surface area contributed by atoms with E-state index in [2.05, 4.69) is 65.2 Å². The maximum Gasteiger partial charge on any atom is 0.261 e. The summed E-state index contributed by atoms with van der Waals surface area (Å²) < 4.78 is 27.9. The Hall–Kier alpha value is -1.12. The molecule has 1 saturated carbocycles. The summed E-state index contributed by atoms with van der Waals surface area (Å²) in [5.41, 5.74) is 3.38. The van der Waals surface area contributed by atoms with Crippen molar-refractivity contribution >= 4 is 38.3 Å². The molecule has 4 nitrogen and oxygen atoms in total. The van der Waals surface area contributed by atoms with Gasteiger partial charge in [-0.3, -0.25) is 4.72 Å². The molecule has 152 valence electrons. The molecule has 0 bridgehead atoms. The monoisotopic (exact) mass is 512 g/mol. The van der Waals surface area contributed by atoms with Crippen molar-refractivity contribution in [3.63, 3.8) is 0 Å². The summed E-state index contributed by atoms with van der Waals surface area (Å²) >= 11 is 2.15. The SMILES string of the molecule is CC(C)c1ccc(S(=O)(=O)Nc2ccc(C34C[C@@H]3CN(C)C4)cc2)cc1.CI. The zero-order valence-corrected chi connectivity index (χ0v) is 19.9. The molecule has 0 radical (unpaired) electrons. The average molecular weight is 512 g/mol. The number of alkyl halides is 1. The fourth-order valence-electron chi connectivity index (χ4n) is 4.30. The number of rotatable bonds is 5. The zero-order valence-electron chi connectivity index (χ0n) is 16.9. The number of likely N-dealkylation sites (N-methyl/N-ethyl adjacent to an activating group) is 1. The number of nitrogens with one attached hydrogen (secondary N) is 1. The second-order valence-electron chi connectivity index (χ2n) is 8.16. The fraction of sp³-hybridized carbons (Fsp3) is 0.455. The van der Waals surface area contributed by atoms with Crippen molar-refractivity contribution in [1.82, 2.24) is 4.90 Å². The molecular formula is C22H29IN2O2S. The number of piperidine rings is 1. The molecule has 2 aliphatic rings. The summed E-state index contributed by atoms with van der Waals surface area (Å²) in [5.74, 6) is 1.14. The number of halogens is 1. The molecule has 1 heterocycles. The number of benzene rings is 2. The second-order valence-corrected chi connectivity index (χ2v) is 9.84. The Morgan fingerprint density at radius 1 is 1.07 bits per heavy atom. The highest BCUT2D eigenvalue weighted by Gasteiger charge is 2.59. The van der Waals surface area contributed by atoms with E-state index in [1.807, 2.05) is 29.2 Å². The first-order chi connectivity index (χ1) is 13.3.